The molecule has 0 bridgehead atoms. The minimum Gasteiger partial charge on any atom is -0.494 e. The van der Waals surface area contributed by atoms with Crippen molar-refractivity contribution >= 4 is 29.4 Å². The number of amides is 1. The molecule has 0 aromatic heterocycles. The van der Waals surface area contributed by atoms with Crippen molar-refractivity contribution in [3.05, 3.63) is 68.7 Å². The highest BCUT2D eigenvalue weighted by Crippen LogP contribution is 2.24. The van der Waals surface area contributed by atoms with Crippen molar-refractivity contribution in [2.45, 2.75) is 6.92 Å². The van der Waals surface area contributed by atoms with Gasteiger partial charge in [-0.05, 0) is 48.9 Å². The van der Waals surface area contributed by atoms with E-state index in [1.807, 2.05) is 6.92 Å². The van der Waals surface area contributed by atoms with E-state index in [0.717, 1.165) is 17.4 Å². The Bertz CT molecular complexity index is 775. The van der Waals surface area contributed by atoms with E-state index in [1.165, 1.54) is 18.3 Å². The van der Waals surface area contributed by atoms with Crippen molar-refractivity contribution in [3.63, 3.8) is 0 Å². The fourth-order valence-corrected chi connectivity index (χ4v) is 2.03. The SMILES string of the molecule is CCOc1ccc(/C=N\NC(=O)c2ccc(Cl)c([N+](=O)[O-])c2)cc1. The van der Waals surface area contributed by atoms with Gasteiger partial charge < -0.3 is 4.74 Å². The molecule has 1 N–H and O–H groups in total. The van der Waals surface area contributed by atoms with Crippen LogP contribution in [0.4, 0.5) is 5.69 Å². The Hall–Kier alpha value is -2.93. The molecule has 0 aliphatic rings. The van der Waals surface area contributed by atoms with Crippen LogP contribution < -0.4 is 10.2 Å². The minimum atomic E-state index is -0.650. The van der Waals surface area contributed by atoms with Gasteiger partial charge in [0, 0.05) is 11.6 Å². The average Bonchev–Trinajstić information content (AvgIpc) is 2.56. The number of benzene rings is 2. The Balaban J connectivity index is 2.02. The number of halogens is 1. The second-order valence-corrected chi connectivity index (χ2v) is 5.03. The second-order valence-electron chi connectivity index (χ2n) is 4.62. The summed E-state index contributed by atoms with van der Waals surface area (Å²) < 4.78 is 5.32. The molecule has 2 rings (SSSR count). The Morgan fingerprint density at radius 1 is 1.33 bits per heavy atom. The molecule has 0 aliphatic heterocycles. The predicted octanol–water partition coefficient (Wildman–Crippen LogP) is 3.41. The number of ether oxygens (including phenoxy) is 1. The summed E-state index contributed by atoms with van der Waals surface area (Å²) in [5, 5.41) is 14.6. The smallest absolute Gasteiger partial charge is 0.288 e. The number of nitrogens with zero attached hydrogens (tertiary/aromatic N) is 2. The van der Waals surface area contributed by atoms with Gasteiger partial charge in [0.15, 0.2) is 0 Å². The van der Waals surface area contributed by atoms with Gasteiger partial charge in [0.1, 0.15) is 10.8 Å². The summed E-state index contributed by atoms with van der Waals surface area (Å²) in [5.41, 5.74) is 2.83. The number of carbonyl (C=O) groups excluding carboxylic acids is 1. The molecular weight excluding hydrogens is 334 g/mol. The zero-order valence-electron chi connectivity index (χ0n) is 12.7. The highest BCUT2D eigenvalue weighted by Gasteiger charge is 2.15. The van der Waals surface area contributed by atoms with E-state index in [2.05, 4.69) is 10.5 Å². The second kappa shape index (κ2) is 8.07. The fourth-order valence-electron chi connectivity index (χ4n) is 1.84. The van der Waals surface area contributed by atoms with Gasteiger partial charge in [0.25, 0.3) is 11.6 Å². The van der Waals surface area contributed by atoms with Gasteiger partial charge in [-0.3, -0.25) is 14.9 Å². The number of nitrogens with one attached hydrogen (secondary N) is 1. The maximum atomic E-state index is 11.9. The van der Waals surface area contributed by atoms with Crippen LogP contribution in [0, 0.1) is 10.1 Å². The van der Waals surface area contributed by atoms with E-state index in [4.69, 9.17) is 16.3 Å². The lowest BCUT2D eigenvalue weighted by atomic mass is 10.2. The van der Waals surface area contributed by atoms with Crippen LogP contribution in [0.2, 0.25) is 5.02 Å². The van der Waals surface area contributed by atoms with Crippen LogP contribution in [0.1, 0.15) is 22.8 Å². The number of nitro groups is 1. The standard InChI is InChI=1S/C16H14ClN3O4/c1-2-24-13-6-3-11(4-7-13)10-18-19-16(21)12-5-8-14(17)15(9-12)20(22)23/h3-10H,2H2,1H3,(H,19,21)/b18-10-. The highest BCUT2D eigenvalue weighted by atomic mass is 35.5. The average molecular weight is 348 g/mol. The normalized spacial score (nSPS) is 10.6. The molecule has 24 heavy (non-hydrogen) atoms. The molecule has 0 saturated carbocycles. The zero-order chi connectivity index (χ0) is 17.5. The van der Waals surface area contributed by atoms with Crippen molar-refractivity contribution < 1.29 is 14.5 Å². The summed E-state index contributed by atoms with van der Waals surface area (Å²) in [6, 6.07) is 10.9. The molecule has 0 spiro atoms. The maximum absolute atomic E-state index is 11.9. The topological polar surface area (TPSA) is 93.8 Å². The summed E-state index contributed by atoms with van der Waals surface area (Å²) >= 11 is 5.70. The first-order valence-corrected chi connectivity index (χ1v) is 7.39. The monoisotopic (exact) mass is 347 g/mol. The van der Waals surface area contributed by atoms with Gasteiger partial charge in [-0.15, -0.1) is 0 Å². The third kappa shape index (κ3) is 4.53. The van der Waals surface area contributed by atoms with E-state index in [0.29, 0.717) is 6.61 Å². The van der Waals surface area contributed by atoms with Crippen LogP contribution in [0.5, 0.6) is 5.75 Å². The third-order valence-corrected chi connectivity index (χ3v) is 3.30. The molecule has 0 saturated heterocycles. The molecule has 0 aliphatic carbocycles. The first-order chi connectivity index (χ1) is 11.5. The minimum absolute atomic E-state index is 0.0329. The summed E-state index contributed by atoms with van der Waals surface area (Å²) in [7, 11) is 0. The molecule has 0 radical (unpaired) electrons. The number of rotatable bonds is 6. The molecule has 1 amide bonds. The van der Waals surface area contributed by atoms with Crippen molar-refractivity contribution in [3.8, 4) is 5.75 Å². The van der Waals surface area contributed by atoms with E-state index >= 15 is 0 Å². The lowest BCUT2D eigenvalue weighted by molar-refractivity contribution is -0.384. The lowest BCUT2D eigenvalue weighted by Crippen LogP contribution is -2.17. The molecular formula is C16H14ClN3O4. The molecule has 0 heterocycles. The van der Waals surface area contributed by atoms with Gasteiger partial charge >= 0.3 is 0 Å². The predicted molar refractivity (Wildman–Crippen MR) is 90.8 cm³/mol. The summed E-state index contributed by atoms with van der Waals surface area (Å²) in [5.74, 6) is 0.170. The van der Waals surface area contributed by atoms with Crippen molar-refractivity contribution in [1.82, 2.24) is 5.43 Å². The van der Waals surface area contributed by atoms with E-state index in [9.17, 15) is 14.9 Å². The first kappa shape index (κ1) is 17.4. The molecule has 8 heteroatoms. The number of nitro benzene ring substituents is 1. The maximum Gasteiger partial charge on any atom is 0.288 e. The highest BCUT2D eigenvalue weighted by molar-refractivity contribution is 6.32. The lowest BCUT2D eigenvalue weighted by Gasteiger charge is -2.03. The number of carbonyl (C=O) groups is 1. The van der Waals surface area contributed by atoms with Crippen LogP contribution in [0.15, 0.2) is 47.6 Å². The number of hydrazone groups is 1. The Morgan fingerprint density at radius 2 is 2.04 bits per heavy atom. The summed E-state index contributed by atoms with van der Waals surface area (Å²) in [6.45, 7) is 2.47. The van der Waals surface area contributed by atoms with Gasteiger partial charge in [-0.2, -0.15) is 5.10 Å². The molecule has 0 fully saturated rings. The zero-order valence-corrected chi connectivity index (χ0v) is 13.5. The third-order valence-electron chi connectivity index (χ3n) is 2.98. The van der Waals surface area contributed by atoms with Gasteiger partial charge in [-0.25, -0.2) is 5.43 Å². The van der Waals surface area contributed by atoms with Crippen LogP contribution in [-0.4, -0.2) is 23.7 Å². The molecule has 124 valence electrons. The van der Waals surface area contributed by atoms with Crippen LogP contribution in [-0.2, 0) is 0 Å². The van der Waals surface area contributed by atoms with Crippen molar-refractivity contribution in [1.29, 1.82) is 0 Å². The van der Waals surface area contributed by atoms with Crippen LogP contribution in [0.25, 0.3) is 0 Å². The summed E-state index contributed by atoms with van der Waals surface area (Å²) in [6.07, 6.45) is 1.46. The quantitative estimate of drug-likeness (QED) is 0.492. The molecule has 0 atom stereocenters. The first-order valence-electron chi connectivity index (χ1n) is 7.01. The fraction of sp³-hybridized carbons (Fsp3) is 0.125. The molecule has 2 aromatic rings. The summed E-state index contributed by atoms with van der Waals surface area (Å²) in [4.78, 5) is 22.1. The van der Waals surface area contributed by atoms with Crippen LogP contribution in [0.3, 0.4) is 0 Å². The van der Waals surface area contributed by atoms with E-state index < -0.39 is 10.8 Å². The van der Waals surface area contributed by atoms with Crippen molar-refractivity contribution in [2.75, 3.05) is 6.61 Å². The number of hydrogen-bond acceptors (Lipinski definition) is 5. The molecule has 0 unspecified atom stereocenters. The van der Waals surface area contributed by atoms with Gasteiger partial charge in [0.2, 0.25) is 0 Å². The van der Waals surface area contributed by atoms with Crippen molar-refractivity contribution in [2.24, 2.45) is 5.10 Å². The Labute approximate surface area is 143 Å². The molecule has 7 nitrogen and oxygen atoms in total. The Morgan fingerprint density at radius 3 is 2.67 bits per heavy atom. The van der Waals surface area contributed by atoms with E-state index in [1.54, 1.807) is 24.3 Å². The van der Waals surface area contributed by atoms with E-state index in [-0.39, 0.29) is 16.3 Å². The van der Waals surface area contributed by atoms with Gasteiger partial charge in [0.05, 0.1) is 17.7 Å². The van der Waals surface area contributed by atoms with Crippen LogP contribution >= 0.6 is 11.6 Å². The Kier molecular flexibility index (Phi) is 5.86. The number of hydrogen-bond donors (Lipinski definition) is 1. The largest absolute Gasteiger partial charge is 0.494 e. The van der Waals surface area contributed by atoms with Gasteiger partial charge in [-0.1, -0.05) is 11.6 Å². The molecule has 2 aromatic carbocycles.